The van der Waals surface area contributed by atoms with Crippen molar-refractivity contribution < 1.29 is 14.4 Å². The highest BCUT2D eigenvalue weighted by Crippen LogP contribution is 2.01. The Balaban J connectivity index is 2.27. The van der Waals surface area contributed by atoms with E-state index < -0.39 is 0 Å². The summed E-state index contributed by atoms with van der Waals surface area (Å²) in [5, 5.41) is 4.30. The van der Waals surface area contributed by atoms with Crippen LogP contribution in [0.3, 0.4) is 0 Å². The SMILES string of the molecule is CON1CCN(C(=O)CNC(C)=O)CC1. The smallest absolute Gasteiger partial charge is 0.242 e. The maximum absolute atomic E-state index is 11.5. The third kappa shape index (κ3) is 3.85. The van der Waals surface area contributed by atoms with Gasteiger partial charge in [0.05, 0.1) is 13.7 Å². The maximum Gasteiger partial charge on any atom is 0.242 e. The fourth-order valence-electron chi connectivity index (χ4n) is 1.43. The summed E-state index contributed by atoms with van der Waals surface area (Å²) in [5.41, 5.74) is 0. The molecule has 1 heterocycles. The number of hydrogen-bond acceptors (Lipinski definition) is 4. The number of nitrogens with one attached hydrogen (secondary N) is 1. The molecular weight excluding hydrogens is 198 g/mol. The standard InChI is InChI=1S/C9H17N3O3/c1-8(13)10-7-9(14)11-3-5-12(15-2)6-4-11/h3-7H2,1-2H3,(H,10,13). The van der Waals surface area contributed by atoms with Crippen LogP contribution in [-0.2, 0) is 14.4 Å². The third-order valence-electron chi connectivity index (χ3n) is 2.34. The molecule has 0 unspecified atom stereocenters. The van der Waals surface area contributed by atoms with Crippen LogP contribution in [0.5, 0.6) is 0 Å². The minimum atomic E-state index is -0.182. The summed E-state index contributed by atoms with van der Waals surface area (Å²) in [5.74, 6) is -0.222. The average molecular weight is 215 g/mol. The summed E-state index contributed by atoms with van der Waals surface area (Å²) in [6.45, 7) is 4.20. The van der Waals surface area contributed by atoms with Gasteiger partial charge in [0.15, 0.2) is 0 Å². The van der Waals surface area contributed by atoms with Gasteiger partial charge in [0.1, 0.15) is 0 Å². The number of hydrogen-bond donors (Lipinski definition) is 1. The largest absolute Gasteiger partial charge is 0.347 e. The van der Waals surface area contributed by atoms with Crippen molar-refractivity contribution in [2.75, 3.05) is 39.8 Å². The van der Waals surface area contributed by atoms with Gasteiger partial charge in [-0.2, -0.15) is 5.06 Å². The van der Waals surface area contributed by atoms with E-state index in [0.717, 1.165) is 0 Å². The van der Waals surface area contributed by atoms with Crippen LogP contribution < -0.4 is 5.32 Å². The number of nitrogens with zero attached hydrogens (tertiary/aromatic N) is 2. The quantitative estimate of drug-likeness (QED) is 0.644. The molecule has 86 valence electrons. The molecule has 1 aliphatic heterocycles. The number of carbonyl (C=O) groups is 2. The predicted molar refractivity (Wildman–Crippen MR) is 53.8 cm³/mol. The molecule has 6 nitrogen and oxygen atoms in total. The van der Waals surface area contributed by atoms with E-state index in [1.807, 2.05) is 5.06 Å². The molecule has 0 spiro atoms. The van der Waals surface area contributed by atoms with Gasteiger partial charge in [0.2, 0.25) is 11.8 Å². The number of amides is 2. The molecule has 0 bridgehead atoms. The normalized spacial score (nSPS) is 17.6. The van der Waals surface area contributed by atoms with E-state index in [2.05, 4.69) is 5.32 Å². The number of carbonyl (C=O) groups excluding carboxylic acids is 2. The minimum absolute atomic E-state index is 0.0408. The molecule has 1 aliphatic rings. The Morgan fingerprint density at radius 3 is 2.33 bits per heavy atom. The van der Waals surface area contributed by atoms with Crippen LogP contribution >= 0.6 is 0 Å². The Kier molecular flexibility index (Phi) is 4.51. The van der Waals surface area contributed by atoms with Crippen LogP contribution in [0, 0.1) is 0 Å². The van der Waals surface area contributed by atoms with E-state index in [1.54, 1.807) is 12.0 Å². The topological polar surface area (TPSA) is 61.9 Å². The van der Waals surface area contributed by atoms with Crippen LogP contribution in [-0.4, -0.2) is 61.6 Å². The van der Waals surface area contributed by atoms with Crippen molar-refractivity contribution in [1.82, 2.24) is 15.3 Å². The Bertz CT molecular complexity index is 237. The highest BCUT2D eigenvalue weighted by Gasteiger charge is 2.20. The van der Waals surface area contributed by atoms with Crippen molar-refractivity contribution in [3.63, 3.8) is 0 Å². The molecule has 0 saturated carbocycles. The van der Waals surface area contributed by atoms with Gasteiger partial charge in [-0.1, -0.05) is 0 Å². The molecule has 1 saturated heterocycles. The first-order valence-electron chi connectivity index (χ1n) is 4.94. The lowest BCUT2D eigenvalue weighted by Crippen LogP contribution is -2.50. The first-order valence-corrected chi connectivity index (χ1v) is 4.94. The van der Waals surface area contributed by atoms with E-state index >= 15 is 0 Å². The fraction of sp³-hybridized carbons (Fsp3) is 0.778. The van der Waals surface area contributed by atoms with E-state index in [-0.39, 0.29) is 18.4 Å². The summed E-state index contributed by atoms with van der Waals surface area (Å²) in [6.07, 6.45) is 0. The molecule has 1 rings (SSSR count). The second kappa shape index (κ2) is 5.67. The molecule has 1 fully saturated rings. The van der Waals surface area contributed by atoms with Crippen LogP contribution in [0.1, 0.15) is 6.92 Å². The van der Waals surface area contributed by atoms with Crippen molar-refractivity contribution in [1.29, 1.82) is 0 Å². The van der Waals surface area contributed by atoms with E-state index in [0.29, 0.717) is 26.2 Å². The highest BCUT2D eigenvalue weighted by atomic mass is 16.7. The number of hydroxylamine groups is 2. The lowest BCUT2D eigenvalue weighted by molar-refractivity contribution is -0.161. The maximum atomic E-state index is 11.5. The predicted octanol–water partition coefficient (Wildman–Crippen LogP) is -1.17. The highest BCUT2D eigenvalue weighted by molar-refractivity contribution is 5.83. The van der Waals surface area contributed by atoms with Gasteiger partial charge in [0.25, 0.3) is 0 Å². The molecule has 0 aromatic heterocycles. The second-order valence-corrected chi connectivity index (χ2v) is 3.40. The molecule has 0 aliphatic carbocycles. The molecule has 1 N–H and O–H groups in total. The van der Waals surface area contributed by atoms with Gasteiger partial charge in [-0.15, -0.1) is 0 Å². The molecule has 6 heteroatoms. The van der Waals surface area contributed by atoms with Crippen LogP contribution in [0.25, 0.3) is 0 Å². The van der Waals surface area contributed by atoms with Crippen molar-refractivity contribution in [3.05, 3.63) is 0 Å². The lowest BCUT2D eigenvalue weighted by atomic mass is 10.3. The van der Waals surface area contributed by atoms with Gasteiger partial charge in [-0.3, -0.25) is 9.59 Å². The molecule has 0 aromatic carbocycles. The first-order chi connectivity index (χ1) is 7.13. The molecule has 15 heavy (non-hydrogen) atoms. The number of piperazine rings is 1. The van der Waals surface area contributed by atoms with E-state index in [1.165, 1.54) is 6.92 Å². The van der Waals surface area contributed by atoms with E-state index in [9.17, 15) is 9.59 Å². The number of rotatable bonds is 3. The summed E-state index contributed by atoms with van der Waals surface area (Å²) < 4.78 is 0. The van der Waals surface area contributed by atoms with Crippen molar-refractivity contribution in [3.8, 4) is 0 Å². The van der Waals surface area contributed by atoms with Gasteiger partial charge in [-0.05, 0) is 0 Å². The average Bonchev–Trinajstić information content (AvgIpc) is 2.26. The van der Waals surface area contributed by atoms with Gasteiger partial charge in [0, 0.05) is 33.1 Å². The molecule has 0 atom stereocenters. The third-order valence-corrected chi connectivity index (χ3v) is 2.34. The Morgan fingerprint density at radius 1 is 1.27 bits per heavy atom. The Hall–Kier alpha value is -1.14. The fourth-order valence-corrected chi connectivity index (χ4v) is 1.43. The van der Waals surface area contributed by atoms with Crippen LogP contribution in [0.15, 0.2) is 0 Å². The molecular formula is C9H17N3O3. The lowest BCUT2D eigenvalue weighted by Gasteiger charge is -2.33. The summed E-state index contributed by atoms with van der Waals surface area (Å²) >= 11 is 0. The van der Waals surface area contributed by atoms with E-state index in [4.69, 9.17) is 4.84 Å². The minimum Gasteiger partial charge on any atom is -0.347 e. The van der Waals surface area contributed by atoms with Gasteiger partial charge >= 0.3 is 0 Å². The summed E-state index contributed by atoms with van der Waals surface area (Å²) in [4.78, 5) is 28.9. The van der Waals surface area contributed by atoms with Crippen molar-refractivity contribution in [2.45, 2.75) is 6.92 Å². The first kappa shape index (κ1) is 11.9. The zero-order valence-electron chi connectivity index (χ0n) is 9.15. The van der Waals surface area contributed by atoms with Gasteiger partial charge in [-0.25, -0.2) is 0 Å². The van der Waals surface area contributed by atoms with Gasteiger partial charge < -0.3 is 15.1 Å². The molecule has 2 amide bonds. The second-order valence-electron chi connectivity index (χ2n) is 3.40. The Morgan fingerprint density at radius 2 is 1.87 bits per heavy atom. The zero-order valence-corrected chi connectivity index (χ0v) is 9.15. The molecule has 0 radical (unpaired) electrons. The molecule has 0 aromatic rings. The monoisotopic (exact) mass is 215 g/mol. The zero-order chi connectivity index (χ0) is 11.3. The van der Waals surface area contributed by atoms with Crippen LogP contribution in [0.2, 0.25) is 0 Å². The van der Waals surface area contributed by atoms with Crippen LogP contribution in [0.4, 0.5) is 0 Å². The summed E-state index contributed by atoms with van der Waals surface area (Å²) in [7, 11) is 1.62. The van der Waals surface area contributed by atoms with Crippen molar-refractivity contribution >= 4 is 11.8 Å². The summed E-state index contributed by atoms with van der Waals surface area (Å²) in [6, 6.07) is 0. The Labute approximate surface area is 89.1 Å². The van der Waals surface area contributed by atoms with Crippen molar-refractivity contribution in [2.24, 2.45) is 0 Å².